The molecule has 0 aliphatic carbocycles. The van der Waals surface area contributed by atoms with Crippen LogP contribution in [-0.4, -0.2) is 21.0 Å². The topological polar surface area (TPSA) is 94.0 Å². The molecule has 1 heterocycles. The summed E-state index contributed by atoms with van der Waals surface area (Å²) in [7, 11) is 0. The first-order valence-electron chi connectivity index (χ1n) is 5.80. The maximum atomic E-state index is 13.9. The Bertz CT molecular complexity index is 566. The third kappa shape index (κ3) is 2.70. The Hall–Kier alpha value is -2.44. The first-order chi connectivity index (χ1) is 8.99. The molecule has 1 aromatic heterocycles. The van der Waals surface area contributed by atoms with Gasteiger partial charge in [-0.1, -0.05) is 12.1 Å². The van der Waals surface area contributed by atoms with Gasteiger partial charge in [0.1, 0.15) is 5.82 Å². The number of anilines is 4. The number of benzene rings is 1. The van der Waals surface area contributed by atoms with Gasteiger partial charge in [0, 0.05) is 6.04 Å². The van der Waals surface area contributed by atoms with Crippen molar-refractivity contribution in [3.05, 3.63) is 30.1 Å². The fourth-order valence-corrected chi connectivity index (χ4v) is 1.77. The molecule has 0 amide bonds. The molecular formula is C12H15FN6. The highest BCUT2D eigenvalue weighted by Gasteiger charge is 2.20. The normalized spacial score (nSPS) is 10.7. The SMILES string of the molecule is CC(C)N(c1nc(N)nc(N)n1)c1ccccc1F. The lowest BCUT2D eigenvalue weighted by atomic mass is 10.2. The molecule has 0 atom stereocenters. The molecule has 0 aliphatic rings. The van der Waals surface area contributed by atoms with E-state index >= 15 is 0 Å². The summed E-state index contributed by atoms with van der Waals surface area (Å²) in [6, 6.07) is 6.30. The van der Waals surface area contributed by atoms with Crippen LogP contribution in [0.1, 0.15) is 13.8 Å². The Morgan fingerprint density at radius 3 is 2.16 bits per heavy atom. The number of halogens is 1. The van der Waals surface area contributed by atoms with Crippen molar-refractivity contribution in [2.24, 2.45) is 0 Å². The highest BCUT2D eigenvalue weighted by molar-refractivity contribution is 5.60. The first kappa shape index (κ1) is 13.0. The molecule has 2 rings (SSSR count). The molecule has 0 radical (unpaired) electrons. The summed E-state index contributed by atoms with van der Waals surface area (Å²) >= 11 is 0. The second-order valence-corrected chi connectivity index (χ2v) is 4.27. The number of para-hydroxylation sites is 1. The lowest BCUT2D eigenvalue weighted by Crippen LogP contribution is -2.29. The van der Waals surface area contributed by atoms with Gasteiger partial charge in [0.15, 0.2) is 0 Å². The molecule has 4 N–H and O–H groups in total. The van der Waals surface area contributed by atoms with Crippen molar-refractivity contribution in [1.82, 2.24) is 15.0 Å². The average Bonchev–Trinajstić information content (AvgIpc) is 2.30. The molecule has 19 heavy (non-hydrogen) atoms. The zero-order valence-corrected chi connectivity index (χ0v) is 10.7. The quantitative estimate of drug-likeness (QED) is 0.874. The van der Waals surface area contributed by atoms with Crippen LogP contribution in [0.15, 0.2) is 24.3 Å². The molecule has 0 aliphatic heterocycles. The van der Waals surface area contributed by atoms with Crippen LogP contribution in [0.2, 0.25) is 0 Å². The summed E-state index contributed by atoms with van der Waals surface area (Å²) in [4.78, 5) is 13.3. The van der Waals surface area contributed by atoms with E-state index in [0.717, 1.165) is 0 Å². The van der Waals surface area contributed by atoms with E-state index < -0.39 is 0 Å². The predicted molar refractivity (Wildman–Crippen MR) is 72.3 cm³/mol. The van der Waals surface area contributed by atoms with E-state index in [-0.39, 0.29) is 29.7 Å². The van der Waals surface area contributed by atoms with Crippen LogP contribution in [-0.2, 0) is 0 Å². The van der Waals surface area contributed by atoms with Gasteiger partial charge in [0.05, 0.1) is 5.69 Å². The zero-order valence-electron chi connectivity index (χ0n) is 10.7. The summed E-state index contributed by atoms with van der Waals surface area (Å²) in [5.74, 6) is -0.132. The molecule has 0 saturated heterocycles. The summed E-state index contributed by atoms with van der Waals surface area (Å²) in [6.45, 7) is 3.78. The number of nitrogens with zero attached hydrogens (tertiary/aromatic N) is 4. The lowest BCUT2D eigenvalue weighted by Gasteiger charge is -2.27. The van der Waals surface area contributed by atoms with Gasteiger partial charge >= 0.3 is 0 Å². The van der Waals surface area contributed by atoms with Gasteiger partial charge in [-0.2, -0.15) is 15.0 Å². The van der Waals surface area contributed by atoms with Crippen LogP contribution in [0.4, 0.5) is 27.9 Å². The predicted octanol–water partition coefficient (Wildman–Crippen LogP) is 1.72. The second kappa shape index (κ2) is 5.05. The molecule has 0 fully saturated rings. The van der Waals surface area contributed by atoms with Crippen LogP contribution in [0, 0.1) is 5.82 Å². The Labute approximate surface area is 110 Å². The molecular weight excluding hydrogens is 247 g/mol. The Balaban J connectivity index is 2.55. The average molecular weight is 262 g/mol. The van der Waals surface area contributed by atoms with Crippen molar-refractivity contribution in [2.45, 2.75) is 19.9 Å². The van der Waals surface area contributed by atoms with Crippen molar-refractivity contribution in [3.8, 4) is 0 Å². The first-order valence-corrected chi connectivity index (χ1v) is 5.80. The number of rotatable bonds is 3. The maximum absolute atomic E-state index is 13.9. The van der Waals surface area contributed by atoms with Crippen LogP contribution in [0.25, 0.3) is 0 Å². The summed E-state index contributed by atoms with van der Waals surface area (Å²) in [5, 5.41) is 0. The summed E-state index contributed by atoms with van der Waals surface area (Å²) in [5.41, 5.74) is 11.5. The molecule has 2 aromatic rings. The maximum Gasteiger partial charge on any atom is 0.236 e. The number of nitrogen functional groups attached to an aromatic ring is 2. The van der Waals surface area contributed by atoms with E-state index in [2.05, 4.69) is 15.0 Å². The van der Waals surface area contributed by atoms with E-state index in [1.807, 2.05) is 13.8 Å². The monoisotopic (exact) mass is 262 g/mol. The Kier molecular flexibility index (Phi) is 3.46. The smallest absolute Gasteiger partial charge is 0.236 e. The molecule has 7 heteroatoms. The molecule has 0 saturated carbocycles. The summed E-state index contributed by atoms with van der Waals surface area (Å²) < 4.78 is 13.9. The molecule has 0 unspecified atom stereocenters. The molecule has 100 valence electrons. The summed E-state index contributed by atoms with van der Waals surface area (Å²) in [6.07, 6.45) is 0. The second-order valence-electron chi connectivity index (χ2n) is 4.27. The van der Waals surface area contributed by atoms with Gasteiger partial charge in [-0.05, 0) is 26.0 Å². The fraction of sp³-hybridized carbons (Fsp3) is 0.250. The van der Waals surface area contributed by atoms with E-state index in [0.29, 0.717) is 5.69 Å². The van der Waals surface area contributed by atoms with Crippen molar-refractivity contribution in [2.75, 3.05) is 16.4 Å². The minimum atomic E-state index is -0.367. The van der Waals surface area contributed by atoms with Gasteiger partial charge in [0.25, 0.3) is 0 Å². The van der Waals surface area contributed by atoms with Gasteiger partial charge in [0.2, 0.25) is 17.8 Å². The van der Waals surface area contributed by atoms with E-state index in [1.54, 1.807) is 23.1 Å². The third-order valence-electron chi connectivity index (χ3n) is 2.50. The largest absolute Gasteiger partial charge is 0.368 e. The van der Waals surface area contributed by atoms with Crippen LogP contribution >= 0.6 is 0 Å². The Morgan fingerprint density at radius 1 is 1.05 bits per heavy atom. The number of hydrogen-bond acceptors (Lipinski definition) is 6. The molecule has 0 bridgehead atoms. The van der Waals surface area contributed by atoms with E-state index in [4.69, 9.17) is 11.5 Å². The van der Waals surface area contributed by atoms with Gasteiger partial charge < -0.3 is 16.4 Å². The van der Waals surface area contributed by atoms with Crippen molar-refractivity contribution in [3.63, 3.8) is 0 Å². The fourth-order valence-electron chi connectivity index (χ4n) is 1.77. The molecule has 0 spiro atoms. The third-order valence-corrected chi connectivity index (χ3v) is 2.50. The zero-order chi connectivity index (χ0) is 14.0. The number of hydrogen-bond donors (Lipinski definition) is 2. The standard InChI is InChI=1S/C12H15FN6/c1-7(2)19(9-6-4-3-5-8(9)13)12-17-10(14)16-11(15)18-12/h3-7H,1-2H3,(H4,14,15,16,17,18). The van der Waals surface area contributed by atoms with Crippen LogP contribution in [0.3, 0.4) is 0 Å². The van der Waals surface area contributed by atoms with Crippen LogP contribution in [0.5, 0.6) is 0 Å². The molecule has 6 nitrogen and oxygen atoms in total. The van der Waals surface area contributed by atoms with Gasteiger partial charge in [-0.3, -0.25) is 0 Å². The van der Waals surface area contributed by atoms with Gasteiger partial charge in [-0.25, -0.2) is 4.39 Å². The van der Waals surface area contributed by atoms with Crippen molar-refractivity contribution in [1.29, 1.82) is 0 Å². The number of nitrogens with two attached hydrogens (primary N) is 2. The molecule has 1 aromatic carbocycles. The van der Waals surface area contributed by atoms with Crippen molar-refractivity contribution < 1.29 is 4.39 Å². The van der Waals surface area contributed by atoms with E-state index in [9.17, 15) is 4.39 Å². The van der Waals surface area contributed by atoms with Crippen LogP contribution < -0.4 is 16.4 Å². The lowest BCUT2D eigenvalue weighted by molar-refractivity contribution is 0.616. The highest BCUT2D eigenvalue weighted by Crippen LogP contribution is 2.27. The highest BCUT2D eigenvalue weighted by atomic mass is 19.1. The minimum Gasteiger partial charge on any atom is -0.368 e. The Morgan fingerprint density at radius 2 is 1.63 bits per heavy atom. The number of aromatic nitrogens is 3. The van der Waals surface area contributed by atoms with E-state index in [1.165, 1.54) is 6.07 Å². The minimum absolute atomic E-state index is 0.00416. The van der Waals surface area contributed by atoms with Crippen molar-refractivity contribution >= 4 is 23.5 Å². The van der Waals surface area contributed by atoms with Gasteiger partial charge in [-0.15, -0.1) is 0 Å².